The Bertz CT molecular complexity index is 765. The van der Waals surface area contributed by atoms with E-state index in [4.69, 9.17) is 0 Å². The standard InChI is InChI=1S/C18H22N2O3/c1-12-5-3-6-14-16(12)13(10-19-14)9-15(21)20-8-4-7-18(2,11-20)17(22)23/h3,5-6,10,19H,4,7-9,11H2,1-2H3,(H,22,23). The van der Waals surface area contributed by atoms with Crippen LogP contribution in [0.1, 0.15) is 30.9 Å². The zero-order valence-corrected chi connectivity index (χ0v) is 13.6. The number of carbonyl (C=O) groups excluding carboxylic acids is 1. The minimum absolute atomic E-state index is 0.00123. The molecule has 1 aromatic carbocycles. The quantitative estimate of drug-likeness (QED) is 0.915. The summed E-state index contributed by atoms with van der Waals surface area (Å²) in [6, 6.07) is 6.02. The predicted molar refractivity (Wildman–Crippen MR) is 88.3 cm³/mol. The number of fused-ring (bicyclic) bond motifs is 1. The van der Waals surface area contributed by atoms with Crippen LogP contribution in [0, 0.1) is 12.3 Å². The molecule has 2 aromatic rings. The minimum atomic E-state index is -0.829. The molecule has 1 aromatic heterocycles. The zero-order chi connectivity index (χ0) is 16.6. The number of carboxylic acids is 1. The van der Waals surface area contributed by atoms with Crippen molar-refractivity contribution in [2.45, 2.75) is 33.1 Å². The summed E-state index contributed by atoms with van der Waals surface area (Å²) in [5.41, 5.74) is 2.32. The van der Waals surface area contributed by atoms with Crippen molar-refractivity contribution in [2.75, 3.05) is 13.1 Å². The highest BCUT2D eigenvalue weighted by molar-refractivity contribution is 5.91. The van der Waals surface area contributed by atoms with E-state index in [0.29, 0.717) is 25.9 Å². The van der Waals surface area contributed by atoms with Crippen molar-refractivity contribution < 1.29 is 14.7 Å². The summed E-state index contributed by atoms with van der Waals surface area (Å²) in [7, 11) is 0. The molecule has 1 unspecified atom stereocenters. The van der Waals surface area contributed by atoms with E-state index in [1.807, 2.05) is 31.3 Å². The molecular weight excluding hydrogens is 292 g/mol. The molecule has 122 valence electrons. The Balaban J connectivity index is 1.80. The highest BCUT2D eigenvalue weighted by Gasteiger charge is 2.39. The molecule has 2 heterocycles. The van der Waals surface area contributed by atoms with Crippen LogP contribution in [0.3, 0.4) is 0 Å². The van der Waals surface area contributed by atoms with Crippen LogP contribution in [0.4, 0.5) is 0 Å². The molecule has 1 aliphatic rings. The highest BCUT2D eigenvalue weighted by atomic mass is 16.4. The fourth-order valence-electron chi connectivity index (χ4n) is 3.49. The van der Waals surface area contributed by atoms with Gasteiger partial charge in [0.15, 0.2) is 0 Å². The number of rotatable bonds is 3. The van der Waals surface area contributed by atoms with E-state index in [1.54, 1.807) is 11.8 Å². The zero-order valence-electron chi connectivity index (χ0n) is 13.6. The van der Waals surface area contributed by atoms with Gasteiger partial charge in [-0.2, -0.15) is 0 Å². The molecule has 1 fully saturated rings. The van der Waals surface area contributed by atoms with E-state index in [1.165, 1.54) is 0 Å². The van der Waals surface area contributed by atoms with Gasteiger partial charge >= 0.3 is 5.97 Å². The van der Waals surface area contributed by atoms with Crippen LogP contribution < -0.4 is 0 Å². The third-order valence-corrected chi connectivity index (χ3v) is 4.90. The molecule has 0 radical (unpaired) electrons. The number of H-pyrrole nitrogens is 1. The summed E-state index contributed by atoms with van der Waals surface area (Å²) in [5.74, 6) is -0.820. The molecule has 1 atom stereocenters. The van der Waals surface area contributed by atoms with E-state index < -0.39 is 11.4 Å². The van der Waals surface area contributed by atoms with Gasteiger partial charge in [0.25, 0.3) is 0 Å². The van der Waals surface area contributed by atoms with E-state index in [2.05, 4.69) is 4.98 Å². The van der Waals surface area contributed by atoms with Crippen LogP contribution in [-0.2, 0) is 16.0 Å². The molecule has 2 N–H and O–H groups in total. The number of carboxylic acid groups (broad SMARTS) is 1. The van der Waals surface area contributed by atoms with Crippen molar-refractivity contribution in [1.29, 1.82) is 0 Å². The Labute approximate surface area is 135 Å². The van der Waals surface area contributed by atoms with Crippen LogP contribution in [0.2, 0.25) is 0 Å². The number of hydrogen-bond acceptors (Lipinski definition) is 2. The van der Waals surface area contributed by atoms with Gasteiger partial charge in [-0.1, -0.05) is 12.1 Å². The number of hydrogen-bond donors (Lipinski definition) is 2. The van der Waals surface area contributed by atoms with E-state index in [9.17, 15) is 14.7 Å². The van der Waals surface area contributed by atoms with Crippen LogP contribution in [0.25, 0.3) is 10.9 Å². The molecule has 5 nitrogen and oxygen atoms in total. The smallest absolute Gasteiger partial charge is 0.311 e. The molecule has 0 spiro atoms. The summed E-state index contributed by atoms with van der Waals surface area (Å²) < 4.78 is 0. The molecule has 23 heavy (non-hydrogen) atoms. The van der Waals surface area contributed by atoms with Crippen LogP contribution >= 0.6 is 0 Å². The first-order chi connectivity index (χ1) is 10.9. The monoisotopic (exact) mass is 314 g/mol. The first-order valence-corrected chi connectivity index (χ1v) is 7.97. The molecule has 3 rings (SSSR count). The van der Waals surface area contributed by atoms with Crippen LogP contribution in [-0.4, -0.2) is 40.0 Å². The molecule has 0 aliphatic carbocycles. The van der Waals surface area contributed by atoms with Gasteiger partial charge in [-0.3, -0.25) is 9.59 Å². The van der Waals surface area contributed by atoms with Gasteiger partial charge in [0.2, 0.25) is 5.91 Å². The van der Waals surface area contributed by atoms with E-state index in [0.717, 1.165) is 28.5 Å². The second kappa shape index (κ2) is 5.72. The molecular formula is C18H22N2O3. The average Bonchev–Trinajstić information content (AvgIpc) is 2.91. The Morgan fingerprint density at radius 2 is 2.17 bits per heavy atom. The molecule has 5 heteroatoms. The number of amides is 1. The van der Waals surface area contributed by atoms with Crippen molar-refractivity contribution in [2.24, 2.45) is 5.41 Å². The average molecular weight is 314 g/mol. The van der Waals surface area contributed by atoms with Gasteiger partial charge in [0.05, 0.1) is 11.8 Å². The molecule has 0 bridgehead atoms. The summed E-state index contributed by atoms with van der Waals surface area (Å²) in [4.78, 5) is 29.0. The fourth-order valence-corrected chi connectivity index (χ4v) is 3.49. The van der Waals surface area contributed by atoms with Crippen LogP contribution in [0.15, 0.2) is 24.4 Å². The molecule has 1 aliphatic heterocycles. The van der Waals surface area contributed by atoms with Crippen molar-refractivity contribution in [3.8, 4) is 0 Å². The Kier molecular flexibility index (Phi) is 3.88. The van der Waals surface area contributed by atoms with Crippen molar-refractivity contribution >= 4 is 22.8 Å². The summed E-state index contributed by atoms with van der Waals surface area (Å²) in [6.45, 7) is 4.70. The number of aliphatic carboxylic acids is 1. The van der Waals surface area contributed by atoms with Gasteiger partial charge in [-0.15, -0.1) is 0 Å². The summed E-state index contributed by atoms with van der Waals surface area (Å²) >= 11 is 0. The summed E-state index contributed by atoms with van der Waals surface area (Å²) in [6.07, 6.45) is 3.55. The van der Waals surface area contributed by atoms with Crippen molar-refractivity contribution in [3.63, 3.8) is 0 Å². The summed E-state index contributed by atoms with van der Waals surface area (Å²) in [5, 5.41) is 10.5. The number of aromatic amines is 1. The maximum Gasteiger partial charge on any atom is 0.311 e. The number of nitrogens with zero attached hydrogens (tertiary/aromatic N) is 1. The van der Waals surface area contributed by atoms with E-state index >= 15 is 0 Å². The third-order valence-electron chi connectivity index (χ3n) is 4.90. The molecule has 1 amide bonds. The number of carbonyl (C=O) groups is 2. The van der Waals surface area contributed by atoms with Crippen molar-refractivity contribution in [3.05, 3.63) is 35.5 Å². The number of aromatic nitrogens is 1. The minimum Gasteiger partial charge on any atom is -0.481 e. The van der Waals surface area contributed by atoms with Gasteiger partial charge in [-0.05, 0) is 43.9 Å². The number of benzene rings is 1. The van der Waals surface area contributed by atoms with Gasteiger partial charge < -0.3 is 15.0 Å². The van der Waals surface area contributed by atoms with Crippen molar-refractivity contribution in [1.82, 2.24) is 9.88 Å². The number of nitrogens with one attached hydrogen (secondary N) is 1. The SMILES string of the molecule is Cc1cccc2[nH]cc(CC(=O)N3CCCC(C)(C(=O)O)C3)c12. The Morgan fingerprint density at radius 1 is 1.39 bits per heavy atom. The van der Waals surface area contributed by atoms with Crippen LogP contribution in [0.5, 0.6) is 0 Å². The van der Waals surface area contributed by atoms with Gasteiger partial charge in [0.1, 0.15) is 0 Å². The topological polar surface area (TPSA) is 73.4 Å². The normalized spacial score (nSPS) is 21.6. The lowest BCUT2D eigenvalue weighted by Crippen LogP contribution is -2.48. The lowest BCUT2D eigenvalue weighted by Gasteiger charge is -2.37. The lowest BCUT2D eigenvalue weighted by molar-refractivity contribution is -0.153. The number of likely N-dealkylation sites (tertiary alicyclic amines) is 1. The maximum absolute atomic E-state index is 12.6. The fraction of sp³-hybridized carbons (Fsp3) is 0.444. The Hall–Kier alpha value is -2.30. The largest absolute Gasteiger partial charge is 0.481 e. The first kappa shape index (κ1) is 15.6. The predicted octanol–water partition coefficient (Wildman–Crippen LogP) is 2.73. The third kappa shape index (κ3) is 2.83. The second-order valence-electron chi connectivity index (χ2n) is 6.77. The van der Waals surface area contributed by atoms with E-state index in [-0.39, 0.29) is 5.91 Å². The molecule has 1 saturated heterocycles. The number of piperidine rings is 1. The number of aryl methyl sites for hydroxylation is 1. The van der Waals surface area contributed by atoms with Gasteiger partial charge in [0, 0.05) is 30.2 Å². The first-order valence-electron chi connectivity index (χ1n) is 7.97. The molecule has 0 saturated carbocycles. The Morgan fingerprint density at radius 3 is 2.91 bits per heavy atom. The van der Waals surface area contributed by atoms with Gasteiger partial charge in [-0.25, -0.2) is 0 Å². The lowest BCUT2D eigenvalue weighted by atomic mass is 9.82. The maximum atomic E-state index is 12.6. The second-order valence-corrected chi connectivity index (χ2v) is 6.77. The highest BCUT2D eigenvalue weighted by Crippen LogP contribution is 2.30.